The number of allylic oxidation sites excluding steroid dienone is 4. The number of rotatable bonds is 3. The van der Waals surface area contributed by atoms with Gasteiger partial charge in [-0.2, -0.15) is 0 Å². The van der Waals surface area contributed by atoms with Gasteiger partial charge in [0, 0.05) is 27.0 Å². The Morgan fingerprint density at radius 3 is 2.22 bits per heavy atom. The molecule has 1 nitrogen and oxygen atoms in total. The summed E-state index contributed by atoms with van der Waals surface area (Å²) in [6, 6.07) is 32.2. The Bertz CT molecular complexity index is 1510. The topological polar surface area (TPSA) is 4.93 Å². The average Bonchev–Trinajstić information content (AvgIpc) is 3.18. The van der Waals surface area contributed by atoms with Gasteiger partial charge in [-0.15, -0.1) is 0 Å². The van der Waals surface area contributed by atoms with E-state index in [0.717, 1.165) is 29.1 Å². The van der Waals surface area contributed by atoms with Crippen molar-refractivity contribution in [2.75, 3.05) is 0 Å². The summed E-state index contributed by atoms with van der Waals surface area (Å²) in [7, 11) is 0. The van der Waals surface area contributed by atoms with Crippen molar-refractivity contribution in [3.05, 3.63) is 120 Å². The largest absolute Gasteiger partial charge is 0.309 e. The Kier molecular flexibility index (Phi) is 4.70. The van der Waals surface area contributed by atoms with Gasteiger partial charge in [0.25, 0.3) is 0 Å². The minimum Gasteiger partial charge on any atom is -0.309 e. The van der Waals surface area contributed by atoms with Crippen LogP contribution in [0, 0.1) is 0 Å². The summed E-state index contributed by atoms with van der Waals surface area (Å²) in [4.78, 5) is 0. The van der Waals surface area contributed by atoms with Gasteiger partial charge in [0.15, 0.2) is 0 Å². The summed E-state index contributed by atoms with van der Waals surface area (Å²) >= 11 is 6.49. The molecule has 0 saturated heterocycles. The Balaban J connectivity index is 1.80. The van der Waals surface area contributed by atoms with Crippen molar-refractivity contribution in [2.24, 2.45) is 0 Å². The highest BCUT2D eigenvalue weighted by atomic mass is 35.5. The number of benzene rings is 4. The molecule has 1 heterocycles. The van der Waals surface area contributed by atoms with Crippen molar-refractivity contribution in [2.45, 2.75) is 12.8 Å². The number of nitrogens with zero attached hydrogens (tertiary/aromatic N) is 1. The first-order chi connectivity index (χ1) is 15.8. The molecule has 0 atom stereocenters. The van der Waals surface area contributed by atoms with Gasteiger partial charge >= 0.3 is 0 Å². The fraction of sp³-hybridized carbons (Fsp3) is 0.0667. The summed E-state index contributed by atoms with van der Waals surface area (Å²) < 4.78 is 2.37. The van der Waals surface area contributed by atoms with E-state index in [9.17, 15) is 0 Å². The van der Waals surface area contributed by atoms with Gasteiger partial charge in [-0.05, 0) is 72.0 Å². The standard InChI is InChI=1S/C30H22ClN/c31-24-16-17-29-27(20-24)28-19-23(21-10-4-1-5-11-21)18-26(22-12-6-2-7-13-22)30(28)32(29)25-14-8-3-9-15-25/h2-4,6-20H,1,5H2. The van der Waals surface area contributed by atoms with Crippen LogP contribution in [-0.2, 0) is 0 Å². The van der Waals surface area contributed by atoms with Gasteiger partial charge < -0.3 is 4.57 Å². The normalized spacial score (nSPS) is 13.6. The quantitative estimate of drug-likeness (QED) is 0.269. The van der Waals surface area contributed by atoms with Crippen LogP contribution in [0.3, 0.4) is 0 Å². The smallest absolute Gasteiger partial charge is 0.0619 e. The lowest BCUT2D eigenvalue weighted by molar-refractivity contribution is 1.04. The third-order valence-corrected chi connectivity index (χ3v) is 6.49. The first-order valence-corrected chi connectivity index (χ1v) is 11.4. The number of para-hydroxylation sites is 1. The average molecular weight is 432 g/mol. The second-order valence-corrected chi connectivity index (χ2v) is 8.69. The predicted molar refractivity (Wildman–Crippen MR) is 138 cm³/mol. The molecule has 0 N–H and O–H groups in total. The monoisotopic (exact) mass is 431 g/mol. The molecular formula is C30H22ClN. The van der Waals surface area contributed by atoms with Crippen LogP contribution in [0.2, 0.25) is 5.02 Å². The molecular weight excluding hydrogens is 410 g/mol. The SMILES string of the molecule is Clc1ccc2c(c1)c1cc(C3=CCCC=C3)cc(-c3ccccc3)c1n2-c1ccccc1. The van der Waals surface area contributed by atoms with E-state index in [0.29, 0.717) is 0 Å². The van der Waals surface area contributed by atoms with Crippen LogP contribution >= 0.6 is 11.6 Å². The van der Waals surface area contributed by atoms with Crippen LogP contribution in [0.15, 0.2) is 109 Å². The molecule has 1 aliphatic carbocycles. The number of hydrogen-bond acceptors (Lipinski definition) is 0. The second kappa shape index (κ2) is 7.85. The maximum atomic E-state index is 6.49. The Morgan fingerprint density at radius 2 is 1.47 bits per heavy atom. The van der Waals surface area contributed by atoms with E-state index in [2.05, 4.69) is 108 Å². The molecule has 0 amide bonds. The Morgan fingerprint density at radius 1 is 0.688 bits per heavy atom. The van der Waals surface area contributed by atoms with Crippen molar-refractivity contribution in [1.29, 1.82) is 0 Å². The van der Waals surface area contributed by atoms with Gasteiger partial charge in [0.05, 0.1) is 11.0 Å². The first-order valence-electron chi connectivity index (χ1n) is 11.1. The van der Waals surface area contributed by atoms with Crippen molar-refractivity contribution in [3.63, 3.8) is 0 Å². The lowest BCUT2D eigenvalue weighted by Gasteiger charge is -2.15. The van der Waals surface area contributed by atoms with E-state index in [4.69, 9.17) is 11.6 Å². The maximum absolute atomic E-state index is 6.49. The number of halogens is 1. The molecule has 0 fully saturated rings. The Labute approximate surface area is 192 Å². The van der Waals surface area contributed by atoms with Gasteiger partial charge in [-0.25, -0.2) is 0 Å². The highest BCUT2D eigenvalue weighted by Crippen LogP contribution is 2.41. The van der Waals surface area contributed by atoms with Crippen molar-refractivity contribution in [3.8, 4) is 16.8 Å². The van der Waals surface area contributed by atoms with Crippen LogP contribution in [0.1, 0.15) is 18.4 Å². The van der Waals surface area contributed by atoms with Gasteiger partial charge in [0.2, 0.25) is 0 Å². The van der Waals surface area contributed by atoms with Crippen molar-refractivity contribution < 1.29 is 0 Å². The third-order valence-electron chi connectivity index (χ3n) is 6.25. The van der Waals surface area contributed by atoms with Gasteiger partial charge in [-0.1, -0.05) is 78.4 Å². The van der Waals surface area contributed by atoms with E-state index in [1.165, 1.54) is 38.6 Å². The fourth-order valence-corrected chi connectivity index (χ4v) is 4.97. The van der Waals surface area contributed by atoms with Crippen molar-refractivity contribution in [1.82, 2.24) is 4.57 Å². The molecule has 0 radical (unpaired) electrons. The summed E-state index contributed by atoms with van der Waals surface area (Å²) in [5.41, 5.74) is 8.51. The molecule has 0 saturated carbocycles. The van der Waals surface area contributed by atoms with Gasteiger partial charge in [0.1, 0.15) is 0 Å². The maximum Gasteiger partial charge on any atom is 0.0619 e. The number of aromatic nitrogens is 1. The highest BCUT2D eigenvalue weighted by Gasteiger charge is 2.19. The van der Waals surface area contributed by atoms with Crippen molar-refractivity contribution >= 4 is 39.0 Å². The van der Waals surface area contributed by atoms with Gasteiger partial charge in [-0.3, -0.25) is 0 Å². The molecule has 5 aromatic rings. The van der Waals surface area contributed by atoms with E-state index in [-0.39, 0.29) is 0 Å². The van der Waals surface area contributed by atoms with E-state index in [1.54, 1.807) is 0 Å². The van der Waals surface area contributed by atoms with Crippen LogP contribution in [-0.4, -0.2) is 4.57 Å². The zero-order valence-electron chi connectivity index (χ0n) is 17.6. The second-order valence-electron chi connectivity index (χ2n) is 8.26. The minimum absolute atomic E-state index is 0.757. The first kappa shape index (κ1) is 19.2. The molecule has 32 heavy (non-hydrogen) atoms. The van der Waals surface area contributed by atoms with E-state index >= 15 is 0 Å². The van der Waals surface area contributed by atoms with E-state index in [1.807, 2.05) is 6.07 Å². The Hall–Kier alpha value is -3.55. The minimum atomic E-state index is 0.757. The number of hydrogen-bond donors (Lipinski definition) is 0. The highest BCUT2D eigenvalue weighted by molar-refractivity contribution is 6.32. The molecule has 4 aromatic carbocycles. The number of fused-ring (bicyclic) bond motifs is 3. The zero-order chi connectivity index (χ0) is 21.5. The lowest BCUT2D eigenvalue weighted by atomic mass is 9.93. The summed E-state index contributed by atoms with van der Waals surface area (Å²) in [5, 5.41) is 3.16. The molecule has 154 valence electrons. The molecule has 0 spiro atoms. The van der Waals surface area contributed by atoms with E-state index < -0.39 is 0 Å². The molecule has 1 aromatic heterocycles. The zero-order valence-corrected chi connectivity index (χ0v) is 18.4. The summed E-state index contributed by atoms with van der Waals surface area (Å²) in [5.74, 6) is 0. The summed E-state index contributed by atoms with van der Waals surface area (Å²) in [6.45, 7) is 0. The fourth-order valence-electron chi connectivity index (χ4n) is 4.80. The van der Waals surface area contributed by atoms with Crippen LogP contribution < -0.4 is 0 Å². The molecule has 0 bridgehead atoms. The molecule has 1 aliphatic rings. The molecule has 0 unspecified atom stereocenters. The summed E-state index contributed by atoms with van der Waals surface area (Å²) in [6.07, 6.45) is 9.07. The predicted octanol–water partition coefficient (Wildman–Crippen LogP) is 8.84. The molecule has 6 rings (SSSR count). The van der Waals surface area contributed by atoms with Crippen LogP contribution in [0.5, 0.6) is 0 Å². The van der Waals surface area contributed by atoms with Crippen LogP contribution in [0.25, 0.3) is 44.2 Å². The third kappa shape index (κ3) is 3.18. The lowest BCUT2D eigenvalue weighted by Crippen LogP contribution is -1.96. The molecule has 0 aliphatic heterocycles. The molecule has 2 heteroatoms. The van der Waals surface area contributed by atoms with Crippen LogP contribution in [0.4, 0.5) is 0 Å².